The summed E-state index contributed by atoms with van der Waals surface area (Å²) in [5, 5.41) is 8.62. The van der Waals surface area contributed by atoms with Gasteiger partial charge in [0.1, 0.15) is 17.9 Å². The molecule has 2 N–H and O–H groups in total. The van der Waals surface area contributed by atoms with Gasteiger partial charge < -0.3 is 15.1 Å². The summed E-state index contributed by atoms with van der Waals surface area (Å²) < 4.78 is 5.71. The summed E-state index contributed by atoms with van der Waals surface area (Å²) in [5.74, 6) is 0.943. The Morgan fingerprint density at radius 3 is 2.85 bits per heavy atom. The van der Waals surface area contributed by atoms with Crippen molar-refractivity contribution in [1.82, 2.24) is 15.3 Å². The maximum Gasteiger partial charge on any atom is 0.255 e. The van der Waals surface area contributed by atoms with E-state index in [0.29, 0.717) is 39.8 Å². The fourth-order valence-corrected chi connectivity index (χ4v) is 3.67. The lowest BCUT2D eigenvalue weighted by Gasteiger charge is -2.13. The van der Waals surface area contributed by atoms with Crippen molar-refractivity contribution in [3.8, 4) is 0 Å². The van der Waals surface area contributed by atoms with Gasteiger partial charge in [-0.2, -0.15) is 0 Å². The first-order valence-corrected chi connectivity index (χ1v) is 9.66. The molecule has 1 aliphatic carbocycles. The SMILES string of the molecule is Cc1oc2ncnc(NC3(C)CC3)c2c1C(=O)NCc1ccc(Cl)cc1P. The molecule has 1 unspecified atom stereocenters. The summed E-state index contributed by atoms with van der Waals surface area (Å²) in [5.41, 5.74) is 1.88. The van der Waals surface area contributed by atoms with E-state index in [-0.39, 0.29) is 11.4 Å². The Morgan fingerprint density at radius 1 is 1.37 bits per heavy atom. The molecule has 1 atom stereocenters. The summed E-state index contributed by atoms with van der Waals surface area (Å²) >= 11 is 5.99. The first-order chi connectivity index (χ1) is 12.9. The Morgan fingerprint density at radius 2 is 2.15 bits per heavy atom. The highest BCUT2D eigenvalue weighted by Gasteiger charge is 2.38. The van der Waals surface area contributed by atoms with Crippen molar-refractivity contribution < 1.29 is 9.21 Å². The molecule has 1 aromatic carbocycles. The van der Waals surface area contributed by atoms with Crippen molar-refractivity contribution in [2.24, 2.45) is 0 Å². The van der Waals surface area contributed by atoms with E-state index in [0.717, 1.165) is 23.7 Å². The number of aromatic nitrogens is 2. The van der Waals surface area contributed by atoms with Gasteiger partial charge in [-0.15, -0.1) is 9.24 Å². The van der Waals surface area contributed by atoms with Gasteiger partial charge in [-0.05, 0) is 49.7 Å². The first kappa shape index (κ1) is 18.2. The summed E-state index contributed by atoms with van der Waals surface area (Å²) in [6.45, 7) is 4.28. The van der Waals surface area contributed by atoms with Crippen LogP contribution in [0, 0.1) is 6.92 Å². The summed E-state index contributed by atoms with van der Waals surface area (Å²) in [6.07, 6.45) is 3.60. The van der Waals surface area contributed by atoms with Crippen LogP contribution >= 0.6 is 20.8 Å². The quantitative estimate of drug-likeness (QED) is 0.638. The average Bonchev–Trinajstić information content (AvgIpc) is 3.22. The zero-order valence-corrected chi connectivity index (χ0v) is 17.0. The van der Waals surface area contributed by atoms with Crippen LogP contribution < -0.4 is 15.9 Å². The normalized spacial score (nSPS) is 15.0. The number of hydrogen-bond donors (Lipinski definition) is 2. The Kier molecular flexibility index (Phi) is 4.57. The van der Waals surface area contributed by atoms with Crippen LogP contribution in [0.3, 0.4) is 0 Å². The molecule has 3 aromatic rings. The molecule has 2 heterocycles. The third-order valence-corrected chi connectivity index (χ3v) is 5.63. The van der Waals surface area contributed by atoms with Crippen LogP contribution in [0.1, 0.15) is 41.4 Å². The molecule has 8 heteroatoms. The second kappa shape index (κ2) is 6.77. The van der Waals surface area contributed by atoms with Crippen LogP contribution in [-0.4, -0.2) is 21.4 Å². The molecule has 0 bridgehead atoms. The van der Waals surface area contributed by atoms with Crippen LogP contribution in [0.15, 0.2) is 28.9 Å². The van der Waals surface area contributed by atoms with Crippen molar-refractivity contribution in [2.75, 3.05) is 5.32 Å². The van der Waals surface area contributed by atoms with Crippen molar-refractivity contribution in [1.29, 1.82) is 0 Å². The number of halogens is 1. The van der Waals surface area contributed by atoms with E-state index in [9.17, 15) is 4.79 Å². The van der Waals surface area contributed by atoms with E-state index >= 15 is 0 Å². The minimum absolute atomic E-state index is 0.0256. The highest BCUT2D eigenvalue weighted by Crippen LogP contribution is 2.40. The molecule has 2 aromatic heterocycles. The number of anilines is 1. The van der Waals surface area contributed by atoms with E-state index in [2.05, 4.69) is 36.8 Å². The monoisotopic (exact) mass is 402 g/mol. The lowest BCUT2D eigenvalue weighted by Crippen LogP contribution is -2.25. The second-order valence-corrected chi connectivity index (χ2v) is 8.21. The molecule has 0 saturated heterocycles. The number of nitrogens with one attached hydrogen (secondary N) is 2. The number of fused-ring (bicyclic) bond motifs is 1. The van der Waals surface area contributed by atoms with Crippen molar-refractivity contribution in [2.45, 2.75) is 38.8 Å². The number of amides is 1. The van der Waals surface area contributed by atoms with Gasteiger partial charge in [-0.1, -0.05) is 17.7 Å². The second-order valence-electron chi connectivity index (χ2n) is 7.15. The Bertz CT molecular complexity index is 1050. The topological polar surface area (TPSA) is 80.1 Å². The van der Waals surface area contributed by atoms with E-state index in [1.165, 1.54) is 6.33 Å². The first-order valence-electron chi connectivity index (χ1n) is 8.71. The molecule has 1 saturated carbocycles. The Hall–Kier alpha value is -2.17. The molecule has 27 heavy (non-hydrogen) atoms. The van der Waals surface area contributed by atoms with E-state index < -0.39 is 0 Å². The predicted molar refractivity (Wildman–Crippen MR) is 110 cm³/mol. The zero-order valence-electron chi connectivity index (χ0n) is 15.1. The zero-order chi connectivity index (χ0) is 19.2. The molecule has 6 nitrogen and oxygen atoms in total. The predicted octanol–water partition coefficient (Wildman–Crippen LogP) is 3.58. The number of benzene rings is 1. The maximum atomic E-state index is 12.9. The molecule has 1 aliphatic rings. The van der Waals surface area contributed by atoms with E-state index in [1.54, 1.807) is 13.0 Å². The van der Waals surface area contributed by atoms with Crippen molar-refractivity contribution in [3.63, 3.8) is 0 Å². The van der Waals surface area contributed by atoms with E-state index in [4.69, 9.17) is 16.0 Å². The molecular formula is C19H20ClN4O2P. The summed E-state index contributed by atoms with van der Waals surface area (Å²) in [4.78, 5) is 21.5. The van der Waals surface area contributed by atoms with Gasteiger partial charge in [-0.3, -0.25) is 4.79 Å². The third kappa shape index (κ3) is 3.64. The Balaban J connectivity index is 1.64. The van der Waals surface area contributed by atoms with Gasteiger partial charge in [0, 0.05) is 17.1 Å². The number of carbonyl (C=O) groups excluding carboxylic acids is 1. The fraction of sp³-hybridized carbons (Fsp3) is 0.316. The molecule has 4 rings (SSSR count). The number of rotatable bonds is 5. The third-order valence-electron chi connectivity index (χ3n) is 4.86. The highest BCUT2D eigenvalue weighted by molar-refractivity contribution is 7.27. The maximum absolute atomic E-state index is 12.9. The number of furan rings is 1. The van der Waals surface area contributed by atoms with Crippen molar-refractivity contribution >= 4 is 49.0 Å². The summed E-state index contributed by atoms with van der Waals surface area (Å²) in [7, 11) is 2.64. The van der Waals surface area contributed by atoms with Gasteiger partial charge in [0.05, 0.1) is 10.9 Å². The van der Waals surface area contributed by atoms with Crippen molar-refractivity contribution in [3.05, 3.63) is 46.4 Å². The molecule has 140 valence electrons. The van der Waals surface area contributed by atoms with Crippen LogP contribution in [0.25, 0.3) is 11.1 Å². The number of carbonyl (C=O) groups is 1. The van der Waals surface area contributed by atoms with Gasteiger partial charge in [0.25, 0.3) is 5.91 Å². The van der Waals surface area contributed by atoms with Gasteiger partial charge >= 0.3 is 0 Å². The number of aryl methyl sites for hydroxylation is 1. The lowest BCUT2D eigenvalue weighted by molar-refractivity contribution is 0.0951. The average molecular weight is 403 g/mol. The standard InChI is InChI=1S/C19H20ClN4O2P/c1-10-14(17(25)21-8-11-3-4-12(20)7-13(11)27)15-16(24-19(2)5-6-19)22-9-23-18(15)26-10/h3-4,7,9H,5-6,8,27H2,1-2H3,(H,21,25)(H,22,23,24). The molecule has 0 aliphatic heterocycles. The fourth-order valence-electron chi connectivity index (χ4n) is 3.00. The number of nitrogens with zero attached hydrogens (tertiary/aromatic N) is 2. The van der Waals surface area contributed by atoms with Crippen LogP contribution in [0.4, 0.5) is 5.82 Å². The van der Waals surface area contributed by atoms with Gasteiger partial charge in [0.2, 0.25) is 5.71 Å². The Labute approximate surface area is 164 Å². The van der Waals surface area contributed by atoms with Crippen LogP contribution in [0.2, 0.25) is 5.02 Å². The summed E-state index contributed by atoms with van der Waals surface area (Å²) in [6, 6.07) is 5.55. The lowest BCUT2D eigenvalue weighted by atomic mass is 10.1. The molecule has 1 amide bonds. The van der Waals surface area contributed by atoms with Gasteiger partial charge in [-0.25, -0.2) is 9.97 Å². The molecule has 1 fully saturated rings. The number of hydrogen-bond acceptors (Lipinski definition) is 5. The van der Waals surface area contributed by atoms with E-state index in [1.807, 2.05) is 12.1 Å². The largest absolute Gasteiger partial charge is 0.442 e. The smallest absolute Gasteiger partial charge is 0.255 e. The minimum atomic E-state index is -0.218. The molecule has 0 spiro atoms. The van der Waals surface area contributed by atoms with Gasteiger partial charge in [0.15, 0.2) is 0 Å². The minimum Gasteiger partial charge on any atom is -0.442 e. The molecular weight excluding hydrogens is 383 g/mol. The van der Waals surface area contributed by atoms with Crippen LogP contribution in [0.5, 0.6) is 0 Å². The highest BCUT2D eigenvalue weighted by atomic mass is 35.5. The van der Waals surface area contributed by atoms with Crippen LogP contribution in [-0.2, 0) is 6.54 Å². The molecule has 0 radical (unpaired) electrons.